The van der Waals surface area contributed by atoms with Crippen LogP contribution in [0, 0.1) is 11.6 Å². The number of hydrogen-bond acceptors (Lipinski definition) is 7. The number of H-pyrrole nitrogens is 1. The molecule has 0 unspecified atom stereocenters. The molecule has 36 heavy (non-hydrogen) atoms. The largest absolute Gasteiger partial charge is 0.496 e. The van der Waals surface area contributed by atoms with Gasteiger partial charge in [0.2, 0.25) is 5.78 Å². The van der Waals surface area contributed by atoms with Crippen LogP contribution in [0.25, 0.3) is 22.4 Å². The lowest BCUT2D eigenvalue weighted by Gasteiger charge is -2.35. The van der Waals surface area contributed by atoms with Crippen LogP contribution in [0.5, 0.6) is 5.75 Å². The van der Waals surface area contributed by atoms with E-state index in [9.17, 15) is 13.6 Å². The molecule has 186 valence electrons. The molecule has 0 atom stereocenters. The van der Waals surface area contributed by atoms with Gasteiger partial charge in [-0.3, -0.25) is 9.78 Å². The van der Waals surface area contributed by atoms with Crippen LogP contribution in [0.3, 0.4) is 0 Å². The smallest absolute Gasteiger partial charge is 0.228 e. The standard InChI is InChI=1S/C26H26F2N6O2/c1-33(2)16-9-12-34(13-10-16)21-7-5-18-25(31-21)32-26(30-18)24(35)15-8-11-29-19(14-15)22-20(36-3)6-4-17(27)23(22)28/h4-8,11,14,16H,9-10,12-13H2,1-3H3,(H,30,31,32). The van der Waals surface area contributed by atoms with Gasteiger partial charge in [-0.25, -0.2) is 18.7 Å². The number of anilines is 1. The number of hydrogen-bond donors (Lipinski definition) is 1. The first-order chi connectivity index (χ1) is 17.4. The average molecular weight is 493 g/mol. The van der Waals surface area contributed by atoms with Crippen molar-refractivity contribution in [3.05, 3.63) is 65.6 Å². The summed E-state index contributed by atoms with van der Waals surface area (Å²) in [7, 11) is 5.55. The zero-order valence-corrected chi connectivity index (χ0v) is 20.3. The van der Waals surface area contributed by atoms with Crippen LogP contribution in [-0.4, -0.2) is 71.0 Å². The van der Waals surface area contributed by atoms with Crippen LogP contribution < -0.4 is 9.64 Å². The van der Waals surface area contributed by atoms with Crippen LogP contribution in [0.4, 0.5) is 14.6 Å². The highest BCUT2D eigenvalue weighted by atomic mass is 19.2. The van der Waals surface area contributed by atoms with Crippen LogP contribution in [0.1, 0.15) is 29.0 Å². The van der Waals surface area contributed by atoms with Gasteiger partial charge in [0.25, 0.3) is 0 Å². The molecule has 0 saturated carbocycles. The van der Waals surface area contributed by atoms with Crippen molar-refractivity contribution in [2.24, 2.45) is 0 Å². The molecule has 1 aliphatic rings. The van der Waals surface area contributed by atoms with Gasteiger partial charge in [0.1, 0.15) is 11.6 Å². The third-order valence-electron chi connectivity index (χ3n) is 6.62. The molecule has 0 spiro atoms. The maximum absolute atomic E-state index is 14.6. The van der Waals surface area contributed by atoms with Crippen molar-refractivity contribution in [1.82, 2.24) is 24.8 Å². The SMILES string of the molecule is COc1ccc(F)c(F)c1-c1cc(C(=O)c2nc3nc(N4CCC(N(C)C)CC4)ccc3[nH]2)ccn1. The number of piperidine rings is 1. The minimum Gasteiger partial charge on any atom is -0.496 e. The van der Waals surface area contributed by atoms with E-state index in [1.54, 1.807) is 0 Å². The van der Waals surface area contributed by atoms with E-state index >= 15 is 0 Å². The summed E-state index contributed by atoms with van der Waals surface area (Å²) >= 11 is 0. The molecule has 10 heteroatoms. The van der Waals surface area contributed by atoms with Crippen molar-refractivity contribution in [2.45, 2.75) is 18.9 Å². The van der Waals surface area contributed by atoms with Crippen LogP contribution in [0.15, 0.2) is 42.6 Å². The molecular weight excluding hydrogens is 466 g/mol. The molecule has 0 amide bonds. The summed E-state index contributed by atoms with van der Waals surface area (Å²) in [4.78, 5) is 34.0. The second-order valence-corrected chi connectivity index (χ2v) is 9.01. The van der Waals surface area contributed by atoms with Crippen molar-refractivity contribution in [1.29, 1.82) is 0 Å². The molecule has 3 aromatic heterocycles. The minimum absolute atomic E-state index is 0.0762. The predicted molar refractivity (Wildman–Crippen MR) is 132 cm³/mol. The van der Waals surface area contributed by atoms with Gasteiger partial charge in [-0.1, -0.05) is 0 Å². The fourth-order valence-electron chi connectivity index (χ4n) is 4.56. The zero-order valence-electron chi connectivity index (χ0n) is 20.3. The molecule has 1 saturated heterocycles. The van der Waals surface area contributed by atoms with Gasteiger partial charge in [-0.15, -0.1) is 0 Å². The number of rotatable bonds is 6. The predicted octanol–water partition coefficient (Wildman–Crippen LogP) is 4.07. The second kappa shape index (κ2) is 9.62. The number of ether oxygens (including phenoxy) is 1. The monoisotopic (exact) mass is 492 g/mol. The maximum atomic E-state index is 14.6. The van der Waals surface area contributed by atoms with Crippen LogP contribution in [-0.2, 0) is 0 Å². The summed E-state index contributed by atoms with van der Waals surface area (Å²) < 4.78 is 33.6. The van der Waals surface area contributed by atoms with Gasteiger partial charge in [-0.05, 0) is 63.3 Å². The Morgan fingerprint density at radius 3 is 2.61 bits per heavy atom. The molecule has 0 radical (unpaired) electrons. The van der Waals surface area contributed by atoms with E-state index in [1.807, 2.05) is 12.1 Å². The normalized spacial score (nSPS) is 14.6. The Kier molecular flexibility index (Phi) is 6.36. The van der Waals surface area contributed by atoms with Crippen molar-refractivity contribution in [2.75, 3.05) is 39.2 Å². The van der Waals surface area contributed by atoms with E-state index in [0.717, 1.165) is 37.8 Å². The molecule has 5 rings (SSSR count). The van der Waals surface area contributed by atoms with E-state index in [2.05, 4.69) is 43.8 Å². The Labute approximate surface area is 206 Å². The highest BCUT2D eigenvalue weighted by molar-refractivity contribution is 6.08. The third-order valence-corrected chi connectivity index (χ3v) is 6.62. The van der Waals surface area contributed by atoms with Gasteiger partial charge in [-0.2, -0.15) is 0 Å². The van der Waals surface area contributed by atoms with Crippen molar-refractivity contribution in [3.8, 4) is 17.0 Å². The number of aromatic amines is 1. The number of benzene rings is 1. The Morgan fingerprint density at radius 1 is 1.11 bits per heavy atom. The third kappa shape index (κ3) is 4.39. The van der Waals surface area contributed by atoms with Gasteiger partial charge in [0, 0.05) is 30.9 Å². The Morgan fingerprint density at radius 2 is 1.89 bits per heavy atom. The van der Waals surface area contributed by atoms with Gasteiger partial charge >= 0.3 is 0 Å². The quantitative estimate of drug-likeness (QED) is 0.406. The number of aromatic nitrogens is 4. The first kappa shape index (κ1) is 23.8. The average Bonchev–Trinajstić information content (AvgIpc) is 3.33. The number of carbonyl (C=O) groups is 1. The van der Waals surface area contributed by atoms with Gasteiger partial charge < -0.3 is 19.5 Å². The summed E-state index contributed by atoms with van der Waals surface area (Å²) in [6.45, 7) is 1.80. The molecular formula is C26H26F2N6O2. The number of carbonyl (C=O) groups excluding carboxylic acids is 1. The highest BCUT2D eigenvalue weighted by Crippen LogP contribution is 2.33. The minimum atomic E-state index is -1.10. The summed E-state index contributed by atoms with van der Waals surface area (Å²) in [6, 6.07) is 9.53. The highest BCUT2D eigenvalue weighted by Gasteiger charge is 2.23. The fourth-order valence-corrected chi connectivity index (χ4v) is 4.56. The number of ketones is 1. The molecule has 0 bridgehead atoms. The Balaban J connectivity index is 1.42. The topological polar surface area (TPSA) is 87.2 Å². The molecule has 1 fully saturated rings. The first-order valence-electron chi connectivity index (χ1n) is 11.7. The van der Waals surface area contributed by atoms with Crippen molar-refractivity contribution >= 4 is 22.8 Å². The fraction of sp³-hybridized carbons (Fsp3) is 0.308. The van der Waals surface area contributed by atoms with Crippen molar-refractivity contribution < 1.29 is 18.3 Å². The van der Waals surface area contributed by atoms with Gasteiger partial charge in [0.05, 0.1) is 23.9 Å². The summed E-state index contributed by atoms with van der Waals surface area (Å²) in [5.74, 6) is -1.51. The Hall–Kier alpha value is -3.92. The maximum Gasteiger partial charge on any atom is 0.228 e. The summed E-state index contributed by atoms with van der Waals surface area (Å²) in [6.07, 6.45) is 3.47. The number of nitrogens with one attached hydrogen (secondary N) is 1. The second-order valence-electron chi connectivity index (χ2n) is 9.01. The lowest BCUT2D eigenvalue weighted by Crippen LogP contribution is -2.42. The molecule has 1 N–H and O–H groups in total. The molecule has 1 aromatic carbocycles. The molecule has 4 aromatic rings. The zero-order chi connectivity index (χ0) is 25.4. The number of fused-ring (bicyclic) bond motifs is 1. The lowest BCUT2D eigenvalue weighted by molar-refractivity contribution is 0.103. The summed E-state index contributed by atoms with van der Waals surface area (Å²) in [5.41, 5.74) is 1.22. The van der Waals surface area contributed by atoms with E-state index < -0.39 is 17.4 Å². The molecule has 4 heterocycles. The van der Waals surface area contributed by atoms with E-state index in [4.69, 9.17) is 4.74 Å². The van der Waals surface area contributed by atoms with Gasteiger partial charge in [0.15, 0.2) is 23.1 Å². The van der Waals surface area contributed by atoms with E-state index in [1.165, 1.54) is 31.5 Å². The Bertz CT molecular complexity index is 1430. The number of halogens is 2. The van der Waals surface area contributed by atoms with Crippen molar-refractivity contribution in [3.63, 3.8) is 0 Å². The number of nitrogens with zero attached hydrogens (tertiary/aromatic N) is 5. The number of methoxy groups -OCH3 is 1. The van der Waals surface area contributed by atoms with E-state index in [-0.39, 0.29) is 28.4 Å². The van der Waals surface area contributed by atoms with E-state index in [0.29, 0.717) is 17.2 Å². The number of pyridine rings is 2. The lowest BCUT2D eigenvalue weighted by atomic mass is 10.0. The van der Waals surface area contributed by atoms with Crippen LogP contribution in [0.2, 0.25) is 0 Å². The first-order valence-corrected chi connectivity index (χ1v) is 11.7. The number of imidazole rings is 1. The van der Waals surface area contributed by atoms with Crippen LogP contribution >= 0.6 is 0 Å². The molecule has 8 nitrogen and oxygen atoms in total. The molecule has 1 aliphatic heterocycles. The summed E-state index contributed by atoms with van der Waals surface area (Å²) in [5, 5.41) is 0. The molecule has 0 aliphatic carbocycles.